The standard InChI is InChI=1S/C18H25BN3O5/c23-14-6-7-15(24)12(14)3-1-5-17(25)21-11-9-13(20-10-11)18(26)22-8-2-4-16(22)19-27/h6-7,11-13,16,20,27H,1-5,8-10H2,(H,21,25)/t11?,13-,16-/m0/s1. The molecule has 8 nitrogen and oxygen atoms in total. The van der Waals surface area contributed by atoms with E-state index in [4.69, 9.17) is 0 Å². The number of nitrogens with zero attached hydrogens (tertiary/aromatic N) is 1. The number of nitrogens with one attached hydrogen (secondary N) is 2. The van der Waals surface area contributed by atoms with Crippen molar-refractivity contribution < 1.29 is 24.2 Å². The molecule has 1 aliphatic carbocycles. The highest BCUT2D eigenvalue weighted by Crippen LogP contribution is 2.20. The Hall–Kier alpha value is -2.00. The van der Waals surface area contributed by atoms with E-state index in [1.54, 1.807) is 4.90 Å². The molecule has 2 fully saturated rings. The van der Waals surface area contributed by atoms with Gasteiger partial charge in [0.2, 0.25) is 11.8 Å². The van der Waals surface area contributed by atoms with Gasteiger partial charge in [-0.2, -0.15) is 0 Å². The molecule has 27 heavy (non-hydrogen) atoms. The highest BCUT2D eigenvalue weighted by molar-refractivity contribution is 6.28. The van der Waals surface area contributed by atoms with E-state index >= 15 is 0 Å². The predicted octanol–water partition coefficient (Wildman–Crippen LogP) is -1.11. The van der Waals surface area contributed by atoms with Gasteiger partial charge in [-0.1, -0.05) is 0 Å². The summed E-state index contributed by atoms with van der Waals surface area (Å²) in [7, 11) is 1.08. The molecule has 0 aromatic heterocycles. The second kappa shape index (κ2) is 8.80. The molecule has 3 rings (SSSR count). The van der Waals surface area contributed by atoms with Crippen LogP contribution in [0.5, 0.6) is 0 Å². The Morgan fingerprint density at radius 2 is 2.04 bits per heavy atom. The minimum absolute atomic E-state index is 0.0368. The third kappa shape index (κ3) is 4.65. The minimum atomic E-state index is -0.621. The first-order chi connectivity index (χ1) is 13.0. The number of carbonyl (C=O) groups is 4. The third-order valence-electron chi connectivity index (χ3n) is 5.54. The largest absolute Gasteiger partial charge is 0.452 e. The van der Waals surface area contributed by atoms with Crippen LogP contribution in [0.4, 0.5) is 0 Å². The lowest BCUT2D eigenvalue weighted by molar-refractivity contribution is -0.133. The molecule has 2 aliphatic heterocycles. The number of hydrogen-bond donors (Lipinski definition) is 3. The van der Waals surface area contributed by atoms with Gasteiger partial charge in [-0.15, -0.1) is 0 Å². The fourth-order valence-electron chi connectivity index (χ4n) is 4.04. The van der Waals surface area contributed by atoms with Crippen LogP contribution in [0, 0.1) is 5.92 Å². The fourth-order valence-corrected chi connectivity index (χ4v) is 4.04. The van der Waals surface area contributed by atoms with Crippen molar-refractivity contribution in [2.24, 2.45) is 5.92 Å². The Morgan fingerprint density at radius 1 is 1.30 bits per heavy atom. The Morgan fingerprint density at radius 3 is 2.74 bits per heavy atom. The normalized spacial score (nSPS) is 28.2. The lowest BCUT2D eigenvalue weighted by atomic mass is 9.86. The van der Waals surface area contributed by atoms with Crippen molar-refractivity contribution in [3.05, 3.63) is 12.2 Å². The van der Waals surface area contributed by atoms with Gasteiger partial charge in [0.25, 0.3) is 0 Å². The Bertz CT molecular complexity index is 635. The van der Waals surface area contributed by atoms with Gasteiger partial charge in [0, 0.05) is 31.5 Å². The molecule has 145 valence electrons. The van der Waals surface area contributed by atoms with Gasteiger partial charge in [0.15, 0.2) is 11.6 Å². The first-order valence-electron chi connectivity index (χ1n) is 9.56. The summed E-state index contributed by atoms with van der Waals surface area (Å²) in [5, 5.41) is 15.3. The van der Waals surface area contributed by atoms with Crippen molar-refractivity contribution in [3.63, 3.8) is 0 Å². The van der Waals surface area contributed by atoms with Crippen LogP contribution in [0.3, 0.4) is 0 Å². The quantitative estimate of drug-likeness (QED) is 0.384. The van der Waals surface area contributed by atoms with E-state index < -0.39 is 5.92 Å². The van der Waals surface area contributed by atoms with Crippen LogP contribution in [0.15, 0.2) is 12.2 Å². The zero-order chi connectivity index (χ0) is 19.4. The Kier molecular flexibility index (Phi) is 6.44. The van der Waals surface area contributed by atoms with E-state index in [1.165, 1.54) is 12.2 Å². The van der Waals surface area contributed by atoms with Gasteiger partial charge in [-0.25, -0.2) is 0 Å². The SMILES string of the molecule is O=C(CCCC1C(=O)C=CC1=O)NC1CN[C@H](C(=O)N2CCC[C@H]2[B]O)C1. The Balaban J connectivity index is 1.38. The molecule has 0 saturated carbocycles. The van der Waals surface area contributed by atoms with E-state index in [2.05, 4.69) is 10.6 Å². The van der Waals surface area contributed by atoms with Crippen molar-refractivity contribution in [2.45, 2.75) is 56.5 Å². The fraction of sp³-hybridized carbons (Fsp3) is 0.667. The van der Waals surface area contributed by atoms with Crippen LogP contribution in [0.25, 0.3) is 0 Å². The summed E-state index contributed by atoms with van der Waals surface area (Å²) in [6, 6.07) is -0.474. The molecule has 0 aromatic rings. The number of likely N-dealkylation sites (tertiary alicyclic amines) is 1. The molecule has 0 spiro atoms. The average Bonchev–Trinajstić information content (AvgIpc) is 3.37. The molecule has 2 heterocycles. The Labute approximate surface area is 159 Å². The molecular weight excluding hydrogens is 349 g/mol. The number of hydrogen-bond acceptors (Lipinski definition) is 6. The zero-order valence-corrected chi connectivity index (χ0v) is 15.2. The predicted molar refractivity (Wildman–Crippen MR) is 97.5 cm³/mol. The lowest BCUT2D eigenvalue weighted by Crippen LogP contribution is -2.47. The van der Waals surface area contributed by atoms with Gasteiger partial charge in [-0.3, -0.25) is 19.2 Å². The first-order valence-corrected chi connectivity index (χ1v) is 9.56. The van der Waals surface area contributed by atoms with Gasteiger partial charge in [0.1, 0.15) is 0 Å². The zero-order valence-electron chi connectivity index (χ0n) is 15.2. The van der Waals surface area contributed by atoms with Crippen LogP contribution in [-0.4, -0.2) is 71.9 Å². The third-order valence-corrected chi connectivity index (χ3v) is 5.54. The monoisotopic (exact) mass is 374 g/mol. The summed E-state index contributed by atoms with van der Waals surface area (Å²) < 4.78 is 0. The maximum absolute atomic E-state index is 12.6. The molecule has 3 N–H and O–H groups in total. The molecule has 0 bridgehead atoms. The van der Waals surface area contributed by atoms with Crippen molar-refractivity contribution in [1.29, 1.82) is 0 Å². The highest BCUT2D eigenvalue weighted by Gasteiger charge is 2.37. The summed E-state index contributed by atoms with van der Waals surface area (Å²) in [6.45, 7) is 1.16. The van der Waals surface area contributed by atoms with E-state index in [1.807, 2.05) is 0 Å². The van der Waals surface area contributed by atoms with Crippen LogP contribution in [-0.2, 0) is 19.2 Å². The van der Waals surface area contributed by atoms with E-state index in [9.17, 15) is 24.2 Å². The number of allylic oxidation sites excluding steroid dienone is 2. The smallest absolute Gasteiger partial charge is 0.312 e. The highest BCUT2D eigenvalue weighted by atomic mass is 16.2. The van der Waals surface area contributed by atoms with Gasteiger partial charge >= 0.3 is 7.48 Å². The van der Waals surface area contributed by atoms with Crippen molar-refractivity contribution >= 4 is 30.9 Å². The van der Waals surface area contributed by atoms with Crippen molar-refractivity contribution in [1.82, 2.24) is 15.5 Å². The number of carbonyl (C=O) groups excluding carboxylic acids is 4. The maximum atomic E-state index is 12.6. The van der Waals surface area contributed by atoms with Crippen molar-refractivity contribution in [3.8, 4) is 0 Å². The second-order valence-corrected chi connectivity index (χ2v) is 7.43. The van der Waals surface area contributed by atoms with E-state index in [0.717, 1.165) is 20.3 Å². The summed E-state index contributed by atoms with van der Waals surface area (Å²) in [5.41, 5.74) is 0. The molecule has 1 unspecified atom stereocenters. The lowest BCUT2D eigenvalue weighted by Gasteiger charge is -2.25. The second-order valence-electron chi connectivity index (χ2n) is 7.43. The number of ketones is 2. The molecule has 3 aliphatic rings. The molecule has 0 aromatic carbocycles. The molecular formula is C18H25BN3O5. The number of amides is 2. The number of rotatable bonds is 7. The maximum Gasteiger partial charge on any atom is 0.312 e. The van der Waals surface area contributed by atoms with Gasteiger partial charge in [-0.05, 0) is 44.3 Å². The van der Waals surface area contributed by atoms with Crippen molar-refractivity contribution in [2.75, 3.05) is 13.1 Å². The molecule has 3 atom stereocenters. The topological polar surface area (TPSA) is 116 Å². The van der Waals surface area contributed by atoms with Crippen LogP contribution in [0.2, 0.25) is 0 Å². The van der Waals surface area contributed by atoms with Crippen LogP contribution < -0.4 is 10.6 Å². The molecule has 1 radical (unpaired) electrons. The van der Waals surface area contributed by atoms with Crippen LogP contribution in [0.1, 0.15) is 38.5 Å². The van der Waals surface area contributed by atoms with Gasteiger partial charge in [0.05, 0.1) is 12.0 Å². The van der Waals surface area contributed by atoms with E-state index in [0.29, 0.717) is 32.4 Å². The summed E-state index contributed by atoms with van der Waals surface area (Å²) in [6.07, 6.45) is 5.87. The summed E-state index contributed by atoms with van der Waals surface area (Å²) in [5.74, 6) is -1.37. The minimum Gasteiger partial charge on any atom is -0.452 e. The van der Waals surface area contributed by atoms with E-state index in [-0.39, 0.29) is 47.8 Å². The molecule has 2 amide bonds. The summed E-state index contributed by atoms with van der Waals surface area (Å²) >= 11 is 0. The molecule has 9 heteroatoms. The average molecular weight is 374 g/mol. The molecule has 2 saturated heterocycles. The summed E-state index contributed by atoms with van der Waals surface area (Å²) in [4.78, 5) is 49.4. The first kappa shape index (κ1) is 19.8. The van der Waals surface area contributed by atoms with Crippen LogP contribution >= 0.6 is 0 Å². The van der Waals surface area contributed by atoms with Gasteiger partial charge < -0.3 is 20.6 Å².